The van der Waals surface area contributed by atoms with Gasteiger partial charge in [0.2, 0.25) is 0 Å². The van der Waals surface area contributed by atoms with Crippen molar-refractivity contribution in [3.05, 3.63) is 54.0 Å². The van der Waals surface area contributed by atoms with Crippen LogP contribution in [0, 0.1) is 0 Å². The average molecular weight is 270 g/mol. The van der Waals surface area contributed by atoms with Gasteiger partial charge in [0, 0.05) is 17.3 Å². The Morgan fingerprint density at radius 3 is 2.85 bits per heavy atom. The van der Waals surface area contributed by atoms with Gasteiger partial charge in [-0.05, 0) is 50.1 Å². The minimum absolute atomic E-state index is 0.00167. The largest absolute Gasteiger partial charge is 0.467 e. The number of benzene rings is 1. The van der Waals surface area contributed by atoms with Crippen LogP contribution in [-0.4, -0.2) is 11.9 Å². The lowest BCUT2D eigenvalue weighted by molar-refractivity contribution is 0.0951. The number of carbonyl (C=O) groups is 1. The summed E-state index contributed by atoms with van der Waals surface area (Å²) in [6.07, 6.45) is 3.85. The van der Waals surface area contributed by atoms with Crippen LogP contribution in [0.2, 0.25) is 0 Å². The summed E-state index contributed by atoms with van der Waals surface area (Å²) in [6, 6.07) is 11.8. The van der Waals surface area contributed by atoms with Crippen molar-refractivity contribution in [2.75, 3.05) is 5.32 Å². The average Bonchev–Trinajstić information content (AvgIpc) is 3.08. The third kappa shape index (κ3) is 3.02. The fourth-order valence-electron chi connectivity index (χ4n) is 2.11. The van der Waals surface area contributed by atoms with Gasteiger partial charge >= 0.3 is 0 Å². The van der Waals surface area contributed by atoms with E-state index in [0.717, 1.165) is 24.3 Å². The molecule has 1 aliphatic rings. The van der Waals surface area contributed by atoms with Crippen molar-refractivity contribution in [2.45, 2.75) is 31.8 Å². The maximum atomic E-state index is 12.0. The minimum atomic E-state index is 0.00167. The molecule has 1 atom stereocenters. The molecule has 1 unspecified atom stereocenters. The van der Waals surface area contributed by atoms with Crippen molar-refractivity contribution in [3.63, 3.8) is 0 Å². The molecule has 0 radical (unpaired) electrons. The normalized spacial score (nSPS) is 15.7. The zero-order valence-electron chi connectivity index (χ0n) is 11.4. The third-order valence-electron chi connectivity index (χ3n) is 3.39. The molecule has 1 aromatic carbocycles. The Bertz CT molecular complexity index is 588. The van der Waals surface area contributed by atoms with Gasteiger partial charge in [-0.2, -0.15) is 0 Å². The molecule has 1 aliphatic carbocycles. The highest BCUT2D eigenvalue weighted by atomic mass is 16.3. The van der Waals surface area contributed by atoms with Crippen LogP contribution in [0.4, 0.5) is 5.69 Å². The molecule has 104 valence electrons. The zero-order valence-corrected chi connectivity index (χ0v) is 11.4. The molecule has 3 rings (SSSR count). The van der Waals surface area contributed by atoms with Crippen LogP contribution in [0.1, 0.15) is 41.9 Å². The molecule has 0 saturated heterocycles. The zero-order chi connectivity index (χ0) is 13.9. The lowest BCUT2D eigenvalue weighted by atomic mass is 10.1. The summed E-state index contributed by atoms with van der Waals surface area (Å²) in [5.41, 5.74) is 1.60. The van der Waals surface area contributed by atoms with E-state index in [4.69, 9.17) is 4.42 Å². The van der Waals surface area contributed by atoms with Gasteiger partial charge in [0.25, 0.3) is 5.91 Å². The van der Waals surface area contributed by atoms with Crippen LogP contribution in [0.25, 0.3) is 0 Å². The van der Waals surface area contributed by atoms with Crippen molar-refractivity contribution < 1.29 is 9.21 Å². The highest BCUT2D eigenvalue weighted by Crippen LogP contribution is 2.22. The third-order valence-corrected chi connectivity index (χ3v) is 3.39. The lowest BCUT2D eigenvalue weighted by Crippen LogP contribution is -2.25. The SMILES string of the molecule is CC(Nc1cccc(C(=O)NC2CC2)c1)c1ccco1. The number of nitrogens with one attached hydrogen (secondary N) is 2. The second kappa shape index (κ2) is 5.41. The van der Waals surface area contributed by atoms with Crippen LogP contribution in [0.5, 0.6) is 0 Å². The fourth-order valence-corrected chi connectivity index (χ4v) is 2.11. The Labute approximate surface area is 118 Å². The maximum absolute atomic E-state index is 12.0. The van der Waals surface area contributed by atoms with E-state index in [-0.39, 0.29) is 11.9 Å². The monoisotopic (exact) mass is 270 g/mol. The lowest BCUT2D eigenvalue weighted by Gasteiger charge is -2.13. The summed E-state index contributed by atoms with van der Waals surface area (Å²) in [5, 5.41) is 6.33. The first-order valence-electron chi connectivity index (χ1n) is 6.93. The van der Waals surface area contributed by atoms with E-state index in [1.165, 1.54) is 0 Å². The summed E-state index contributed by atoms with van der Waals surface area (Å²) >= 11 is 0. The number of carbonyl (C=O) groups excluding carboxylic acids is 1. The van der Waals surface area contributed by atoms with Gasteiger partial charge in [-0.3, -0.25) is 4.79 Å². The molecular formula is C16H18N2O2. The van der Waals surface area contributed by atoms with Gasteiger partial charge in [-0.1, -0.05) is 6.07 Å². The molecule has 2 aromatic rings. The molecule has 0 aliphatic heterocycles. The quantitative estimate of drug-likeness (QED) is 0.876. The van der Waals surface area contributed by atoms with Crippen LogP contribution >= 0.6 is 0 Å². The Balaban J connectivity index is 1.68. The number of hydrogen-bond donors (Lipinski definition) is 2. The molecule has 4 heteroatoms. The van der Waals surface area contributed by atoms with Crippen LogP contribution in [0.3, 0.4) is 0 Å². The smallest absolute Gasteiger partial charge is 0.251 e. The van der Waals surface area contributed by atoms with Crippen LogP contribution < -0.4 is 10.6 Å². The summed E-state index contributed by atoms with van der Waals surface area (Å²) in [6.45, 7) is 2.02. The first-order valence-corrected chi connectivity index (χ1v) is 6.93. The van der Waals surface area contributed by atoms with E-state index in [9.17, 15) is 4.79 Å². The molecule has 1 fully saturated rings. The van der Waals surface area contributed by atoms with Crippen LogP contribution in [0.15, 0.2) is 47.1 Å². The molecule has 1 saturated carbocycles. The Hall–Kier alpha value is -2.23. The van der Waals surface area contributed by atoms with Gasteiger partial charge in [0.15, 0.2) is 0 Å². The van der Waals surface area contributed by atoms with Crippen molar-refractivity contribution >= 4 is 11.6 Å². The summed E-state index contributed by atoms with van der Waals surface area (Å²) in [7, 11) is 0. The van der Waals surface area contributed by atoms with Crippen molar-refractivity contribution in [3.8, 4) is 0 Å². The standard InChI is InChI=1S/C16H18N2O2/c1-11(15-6-3-9-20-15)17-14-5-2-4-12(10-14)16(19)18-13-7-8-13/h2-6,9-11,13,17H,7-8H2,1H3,(H,18,19). The highest BCUT2D eigenvalue weighted by molar-refractivity contribution is 5.95. The predicted octanol–water partition coefficient (Wildman–Crippen LogP) is 3.34. The molecule has 0 spiro atoms. The van der Waals surface area contributed by atoms with E-state index in [1.807, 2.05) is 43.3 Å². The van der Waals surface area contributed by atoms with Gasteiger partial charge in [0.1, 0.15) is 5.76 Å². The molecular weight excluding hydrogens is 252 g/mol. The number of hydrogen-bond acceptors (Lipinski definition) is 3. The summed E-state index contributed by atoms with van der Waals surface area (Å²) in [5.74, 6) is 0.875. The topological polar surface area (TPSA) is 54.3 Å². The molecule has 1 aromatic heterocycles. The van der Waals surface area contributed by atoms with Crippen molar-refractivity contribution in [2.24, 2.45) is 0 Å². The number of amides is 1. The first kappa shape index (κ1) is 12.8. The van der Waals surface area contributed by atoms with E-state index in [1.54, 1.807) is 6.26 Å². The van der Waals surface area contributed by atoms with Crippen LogP contribution in [-0.2, 0) is 0 Å². The Morgan fingerprint density at radius 1 is 1.30 bits per heavy atom. The van der Waals surface area contributed by atoms with E-state index in [0.29, 0.717) is 11.6 Å². The summed E-state index contributed by atoms with van der Waals surface area (Å²) < 4.78 is 5.36. The van der Waals surface area contributed by atoms with Crippen molar-refractivity contribution in [1.29, 1.82) is 0 Å². The van der Waals surface area contributed by atoms with E-state index < -0.39 is 0 Å². The predicted molar refractivity (Wildman–Crippen MR) is 77.7 cm³/mol. The van der Waals surface area contributed by atoms with Gasteiger partial charge in [0.05, 0.1) is 12.3 Å². The molecule has 20 heavy (non-hydrogen) atoms. The molecule has 1 amide bonds. The maximum Gasteiger partial charge on any atom is 0.251 e. The van der Waals surface area contributed by atoms with Gasteiger partial charge < -0.3 is 15.1 Å². The molecule has 2 N–H and O–H groups in total. The molecule has 0 bridgehead atoms. The van der Waals surface area contributed by atoms with Gasteiger partial charge in [-0.15, -0.1) is 0 Å². The van der Waals surface area contributed by atoms with E-state index >= 15 is 0 Å². The highest BCUT2D eigenvalue weighted by Gasteiger charge is 2.23. The number of rotatable bonds is 5. The summed E-state index contributed by atoms with van der Waals surface area (Å²) in [4.78, 5) is 12.0. The Kier molecular flexibility index (Phi) is 3.46. The van der Waals surface area contributed by atoms with Crippen molar-refractivity contribution in [1.82, 2.24) is 5.32 Å². The van der Waals surface area contributed by atoms with E-state index in [2.05, 4.69) is 10.6 Å². The first-order chi connectivity index (χ1) is 9.72. The second-order valence-corrected chi connectivity index (χ2v) is 5.21. The molecule has 4 nitrogen and oxygen atoms in total. The molecule has 1 heterocycles. The fraction of sp³-hybridized carbons (Fsp3) is 0.312. The Morgan fingerprint density at radius 2 is 2.15 bits per heavy atom. The number of furan rings is 1. The number of anilines is 1. The minimum Gasteiger partial charge on any atom is -0.467 e. The van der Waals surface area contributed by atoms with Gasteiger partial charge in [-0.25, -0.2) is 0 Å². The second-order valence-electron chi connectivity index (χ2n) is 5.21.